The van der Waals surface area contributed by atoms with Crippen molar-refractivity contribution in [1.29, 1.82) is 0 Å². The highest BCUT2D eigenvalue weighted by Crippen LogP contribution is 2.35. The Kier molecular flexibility index (Phi) is 5.32. The molecule has 0 saturated heterocycles. The number of carbonyl (C=O) groups is 1. The second-order valence-electron chi connectivity index (χ2n) is 5.41. The molecule has 0 bridgehead atoms. The number of carbonyl (C=O) groups excluding carboxylic acids is 1. The Morgan fingerprint density at radius 3 is 2.15 bits per heavy atom. The van der Waals surface area contributed by atoms with Crippen LogP contribution in [0.1, 0.15) is 15.9 Å². The number of para-hydroxylation sites is 1. The fourth-order valence-corrected chi connectivity index (χ4v) is 3.32. The molecule has 0 radical (unpaired) electrons. The van der Waals surface area contributed by atoms with Crippen molar-refractivity contribution in [3.05, 3.63) is 90.0 Å². The zero-order chi connectivity index (χ0) is 18.6. The third-order valence-electron chi connectivity index (χ3n) is 3.58. The summed E-state index contributed by atoms with van der Waals surface area (Å²) in [6.45, 7) is 0. The van der Waals surface area contributed by atoms with Gasteiger partial charge in [-0.1, -0.05) is 54.2 Å². The van der Waals surface area contributed by atoms with E-state index in [9.17, 15) is 18.0 Å². The lowest BCUT2D eigenvalue weighted by atomic mass is 10.1. The van der Waals surface area contributed by atoms with Crippen LogP contribution in [-0.2, 0) is 6.18 Å². The van der Waals surface area contributed by atoms with Gasteiger partial charge in [-0.3, -0.25) is 4.79 Å². The SMILES string of the molecule is O=C(Nc1ccccc1Sc1ccccc1)c1ccccc1C(F)(F)F. The summed E-state index contributed by atoms with van der Waals surface area (Å²) in [5.41, 5.74) is -0.895. The van der Waals surface area contributed by atoms with Crippen LogP contribution in [-0.4, -0.2) is 5.91 Å². The number of hydrogen-bond donors (Lipinski definition) is 1. The molecule has 132 valence electrons. The van der Waals surface area contributed by atoms with Gasteiger partial charge in [0.1, 0.15) is 0 Å². The van der Waals surface area contributed by atoms with Crippen LogP contribution in [0.3, 0.4) is 0 Å². The van der Waals surface area contributed by atoms with Gasteiger partial charge in [-0.25, -0.2) is 0 Å². The van der Waals surface area contributed by atoms with Crippen molar-refractivity contribution in [3.63, 3.8) is 0 Å². The molecule has 0 aliphatic heterocycles. The molecular weight excluding hydrogens is 359 g/mol. The van der Waals surface area contributed by atoms with E-state index in [0.29, 0.717) is 5.69 Å². The topological polar surface area (TPSA) is 29.1 Å². The summed E-state index contributed by atoms with van der Waals surface area (Å²) in [7, 11) is 0. The first-order valence-corrected chi connectivity index (χ1v) is 8.56. The molecule has 3 aromatic carbocycles. The van der Waals surface area contributed by atoms with Crippen LogP contribution in [0.25, 0.3) is 0 Å². The van der Waals surface area contributed by atoms with Gasteiger partial charge in [-0.15, -0.1) is 0 Å². The van der Waals surface area contributed by atoms with E-state index in [-0.39, 0.29) is 0 Å². The van der Waals surface area contributed by atoms with E-state index in [4.69, 9.17) is 0 Å². The standard InChI is InChI=1S/C20H14F3NOS/c21-20(22,23)16-11-5-4-10-15(16)19(25)24-17-12-6-7-13-18(17)26-14-8-2-1-3-9-14/h1-13H,(H,24,25). The second-order valence-corrected chi connectivity index (χ2v) is 6.52. The highest BCUT2D eigenvalue weighted by atomic mass is 32.2. The van der Waals surface area contributed by atoms with Gasteiger partial charge in [0.2, 0.25) is 0 Å². The van der Waals surface area contributed by atoms with E-state index in [1.165, 1.54) is 30.0 Å². The molecule has 3 aromatic rings. The molecule has 0 unspecified atom stereocenters. The summed E-state index contributed by atoms with van der Waals surface area (Å²) in [5, 5.41) is 2.60. The number of anilines is 1. The van der Waals surface area contributed by atoms with Crippen molar-refractivity contribution in [3.8, 4) is 0 Å². The van der Waals surface area contributed by atoms with E-state index in [0.717, 1.165) is 15.9 Å². The van der Waals surface area contributed by atoms with Crippen molar-refractivity contribution >= 4 is 23.4 Å². The van der Waals surface area contributed by atoms with E-state index < -0.39 is 23.2 Å². The maximum Gasteiger partial charge on any atom is 0.417 e. The lowest BCUT2D eigenvalue weighted by Crippen LogP contribution is -2.18. The molecule has 0 aliphatic carbocycles. The Hall–Kier alpha value is -2.73. The van der Waals surface area contributed by atoms with Crippen molar-refractivity contribution in [2.75, 3.05) is 5.32 Å². The summed E-state index contributed by atoms with van der Waals surface area (Å²) in [6, 6.07) is 21.3. The monoisotopic (exact) mass is 373 g/mol. The number of nitrogens with one attached hydrogen (secondary N) is 1. The molecule has 0 saturated carbocycles. The molecule has 0 aliphatic rings. The average Bonchev–Trinajstić information content (AvgIpc) is 2.63. The minimum atomic E-state index is -4.59. The summed E-state index contributed by atoms with van der Waals surface area (Å²) < 4.78 is 39.4. The van der Waals surface area contributed by atoms with E-state index in [1.54, 1.807) is 12.1 Å². The second kappa shape index (κ2) is 7.66. The molecule has 0 heterocycles. The van der Waals surface area contributed by atoms with Crippen molar-refractivity contribution in [2.24, 2.45) is 0 Å². The minimum absolute atomic E-state index is 0.403. The molecule has 0 spiro atoms. The van der Waals surface area contributed by atoms with Crippen LogP contribution in [0.2, 0.25) is 0 Å². The highest BCUT2D eigenvalue weighted by Gasteiger charge is 2.34. The van der Waals surface area contributed by atoms with Crippen molar-refractivity contribution < 1.29 is 18.0 Å². The molecule has 1 amide bonds. The molecule has 3 rings (SSSR count). The van der Waals surface area contributed by atoms with Gasteiger partial charge in [-0.05, 0) is 36.4 Å². The molecule has 26 heavy (non-hydrogen) atoms. The highest BCUT2D eigenvalue weighted by molar-refractivity contribution is 7.99. The zero-order valence-electron chi connectivity index (χ0n) is 13.5. The fraction of sp³-hybridized carbons (Fsp3) is 0.0500. The van der Waals surface area contributed by atoms with Gasteiger partial charge in [0.25, 0.3) is 5.91 Å². The molecular formula is C20H14F3NOS. The zero-order valence-corrected chi connectivity index (χ0v) is 14.3. The van der Waals surface area contributed by atoms with E-state index in [1.807, 2.05) is 42.5 Å². The Bertz CT molecular complexity index is 910. The molecule has 0 aromatic heterocycles. The summed E-state index contributed by atoms with van der Waals surface area (Å²) in [6.07, 6.45) is -4.59. The number of alkyl halides is 3. The molecule has 6 heteroatoms. The Labute approximate surface area is 153 Å². The summed E-state index contributed by atoms with van der Waals surface area (Å²) in [5.74, 6) is -0.793. The van der Waals surface area contributed by atoms with Gasteiger partial charge < -0.3 is 5.32 Å². The smallest absolute Gasteiger partial charge is 0.321 e. The predicted octanol–water partition coefficient (Wildman–Crippen LogP) is 6.11. The fourth-order valence-electron chi connectivity index (χ4n) is 2.39. The molecule has 2 nitrogen and oxygen atoms in total. The van der Waals surface area contributed by atoms with Crippen LogP contribution in [0.4, 0.5) is 18.9 Å². The number of hydrogen-bond acceptors (Lipinski definition) is 2. The number of rotatable bonds is 4. The Morgan fingerprint density at radius 2 is 1.42 bits per heavy atom. The number of halogens is 3. The lowest BCUT2D eigenvalue weighted by Gasteiger charge is -2.14. The summed E-state index contributed by atoms with van der Waals surface area (Å²) >= 11 is 1.42. The third kappa shape index (κ3) is 4.26. The van der Waals surface area contributed by atoms with Crippen LogP contribution < -0.4 is 5.32 Å². The van der Waals surface area contributed by atoms with Crippen molar-refractivity contribution in [2.45, 2.75) is 16.0 Å². The van der Waals surface area contributed by atoms with Gasteiger partial charge >= 0.3 is 6.18 Å². The first kappa shape index (κ1) is 18.1. The predicted molar refractivity (Wildman–Crippen MR) is 96.4 cm³/mol. The molecule has 0 fully saturated rings. The van der Waals surface area contributed by atoms with Crippen LogP contribution in [0, 0.1) is 0 Å². The van der Waals surface area contributed by atoms with Gasteiger partial charge in [0.05, 0.1) is 16.8 Å². The minimum Gasteiger partial charge on any atom is -0.321 e. The maximum atomic E-state index is 13.1. The molecule has 1 N–H and O–H groups in total. The van der Waals surface area contributed by atoms with E-state index in [2.05, 4.69) is 5.32 Å². The third-order valence-corrected chi connectivity index (χ3v) is 4.67. The first-order valence-electron chi connectivity index (χ1n) is 7.74. The van der Waals surface area contributed by atoms with E-state index >= 15 is 0 Å². The average molecular weight is 373 g/mol. The quantitative estimate of drug-likeness (QED) is 0.598. The largest absolute Gasteiger partial charge is 0.417 e. The van der Waals surface area contributed by atoms with Gasteiger partial charge in [0, 0.05) is 9.79 Å². The number of benzene rings is 3. The maximum absolute atomic E-state index is 13.1. The van der Waals surface area contributed by atoms with Crippen LogP contribution in [0.5, 0.6) is 0 Å². The first-order chi connectivity index (χ1) is 12.4. The number of amides is 1. The van der Waals surface area contributed by atoms with Gasteiger partial charge in [0.15, 0.2) is 0 Å². The lowest BCUT2D eigenvalue weighted by molar-refractivity contribution is -0.137. The Morgan fingerprint density at radius 1 is 0.808 bits per heavy atom. The van der Waals surface area contributed by atoms with Crippen LogP contribution in [0.15, 0.2) is 88.7 Å². The summed E-state index contributed by atoms with van der Waals surface area (Å²) in [4.78, 5) is 14.2. The van der Waals surface area contributed by atoms with Gasteiger partial charge in [-0.2, -0.15) is 13.2 Å². The normalized spacial score (nSPS) is 11.2. The van der Waals surface area contributed by atoms with Crippen molar-refractivity contribution in [1.82, 2.24) is 0 Å². The molecule has 0 atom stereocenters. The van der Waals surface area contributed by atoms with Crippen LogP contribution >= 0.6 is 11.8 Å². The Balaban J connectivity index is 1.88.